The highest BCUT2D eigenvalue weighted by Crippen LogP contribution is 2.19. The molecule has 2 aromatic rings. The first-order chi connectivity index (χ1) is 10.2. The van der Waals surface area contributed by atoms with Crippen LogP contribution in [-0.2, 0) is 0 Å². The van der Waals surface area contributed by atoms with Crippen molar-refractivity contribution in [3.8, 4) is 0 Å². The van der Waals surface area contributed by atoms with Crippen LogP contribution in [-0.4, -0.2) is 40.5 Å². The summed E-state index contributed by atoms with van der Waals surface area (Å²) in [7, 11) is 0. The maximum atomic E-state index is 5.76. The topological polar surface area (TPSA) is 59.4 Å². The van der Waals surface area contributed by atoms with Crippen LogP contribution in [0.4, 0.5) is 11.6 Å². The van der Waals surface area contributed by atoms with Gasteiger partial charge >= 0.3 is 0 Å². The molecule has 2 N–H and O–H groups in total. The second-order valence-corrected chi connectivity index (χ2v) is 6.25. The van der Waals surface area contributed by atoms with E-state index < -0.39 is 0 Å². The van der Waals surface area contributed by atoms with Crippen molar-refractivity contribution in [2.45, 2.75) is 6.92 Å². The Bertz CT molecular complexity index is 626. The highest BCUT2D eigenvalue weighted by Gasteiger charge is 2.10. The molecule has 0 radical (unpaired) electrons. The number of rotatable bonds is 3. The number of hydrogen-bond donors (Lipinski definition) is 1. The van der Waals surface area contributed by atoms with Crippen LogP contribution in [0.25, 0.3) is 0 Å². The van der Waals surface area contributed by atoms with Crippen LogP contribution in [0.15, 0.2) is 35.6 Å². The van der Waals surface area contributed by atoms with E-state index in [0.29, 0.717) is 5.95 Å². The molecular formula is C15H19N5S. The lowest BCUT2D eigenvalue weighted by molar-refractivity contribution is 0.859. The molecule has 1 aliphatic heterocycles. The van der Waals surface area contributed by atoms with E-state index in [1.807, 2.05) is 24.9 Å². The third-order valence-corrected chi connectivity index (χ3v) is 4.38. The number of nitrogens with zero attached hydrogens (tertiary/aromatic N) is 4. The summed E-state index contributed by atoms with van der Waals surface area (Å²) in [4.78, 5) is 6.54. The minimum Gasteiger partial charge on any atom is -0.370 e. The van der Waals surface area contributed by atoms with Crippen LogP contribution in [0, 0.1) is 6.92 Å². The van der Waals surface area contributed by atoms with E-state index in [2.05, 4.69) is 39.3 Å². The number of aromatic nitrogens is 2. The van der Waals surface area contributed by atoms with E-state index in [1.54, 1.807) is 10.9 Å². The first-order valence-corrected chi connectivity index (χ1v) is 8.16. The van der Waals surface area contributed by atoms with Gasteiger partial charge in [-0.3, -0.25) is 0 Å². The maximum Gasteiger partial charge on any atom is 0.221 e. The minimum absolute atomic E-state index is 0.409. The van der Waals surface area contributed by atoms with Crippen molar-refractivity contribution in [3.63, 3.8) is 0 Å². The van der Waals surface area contributed by atoms with Crippen molar-refractivity contribution in [1.29, 1.82) is 0 Å². The Balaban J connectivity index is 1.70. The Hall–Kier alpha value is -1.95. The van der Waals surface area contributed by atoms with Gasteiger partial charge in [-0.25, -0.2) is 9.66 Å². The van der Waals surface area contributed by atoms with Gasteiger partial charge in [0.05, 0.1) is 18.1 Å². The summed E-state index contributed by atoms with van der Waals surface area (Å²) < 4.78 is 1.59. The van der Waals surface area contributed by atoms with E-state index in [4.69, 9.17) is 5.73 Å². The molecule has 0 saturated carbocycles. The molecule has 0 amide bonds. The van der Waals surface area contributed by atoms with Gasteiger partial charge in [0.1, 0.15) is 0 Å². The molecule has 1 aliphatic rings. The molecule has 2 heterocycles. The normalized spacial score (nSPS) is 15.8. The van der Waals surface area contributed by atoms with Crippen molar-refractivity contribution >= 4 is 29.6 Å². The summed E-state index contributed by atoms with van der Waals surface area (Å²) in [6, 6.07) is 8.47. The molecule has 0 unspecified atom stereocenters. The summed E-state index contributed by atoms with van der Waals surface area (Å²) in [6.07, 6.45) is 3.61. The van der Waals surface area contributed by atoms with Gasteiger partial charge in [-0.2, -0.15) is 16.9 Å². The van der Waals surface area contributed by atoms with E-state index in [-0.39, 0.29) is 0 Å². The summed E-state index contributed by atoms with van der Waals surface area (Å²) in [5.41, 5.74) is 8.96. The molecule has 6 heteroatoms. The Morgan fingerprint density at radius 3 is 2.57 bits per heavy atom. The molecule has 5 nitrogen and oxygen atoms in total. The first kappa shape index (κ1) is 14.0. The minimum atomic E-state index is 0.409. The molecule has 21 heavy (non-hydrogen) atoms. The molecular weight excluding hydrogens is 282 g/mol. The van der Waals surface area contributed by atoms with Gasteiger partial charge in [-0.15, -0.1) is 0 Å². The highest BCUT2D eigenvalue weighted by atomic mass is 32.2. The Morgan fingerprint density at radius 1 is 1.24 bits per heavy atom. The number of nitrogen functional groups attached to an aromatic ring is 1. The second-order valence-electron chi connectivity index (χ2n) is 5.02. The average molecular weight is 301 g/mol. The van der Waals surface area contributed by atoms with E-state index in [1.165, 1.54) is 17.2 Å². The molecule has 0 aliphatic carbocycles. The van der Waals surface area contributed by atoms with E-state index in [9.17, 15) is 0 Å². The Kier molecular flexibility index (Phi) is 4.15. The largest absolute Gasteiger partial charge is 0.370 e. The second kappa shape index (κ2) is 6.22. The lowest BCUT2D eigenvalue weighted by Gasteiger charge is -2.28. The molecule has 3 rings (SSSR count). The van der Waals surface area contributed by atoms with Gasteiger partial charge in [-0.05, 0) is 24.6 Å². The van der Waals surface area contributed by atoms with Crippen LogP contribution < -0.4 is 10.6 Å². The van der Waals surface area contributed by atoms with Crippen molar-refractivity contribution < 1.29 is 0 Å². The molecule has 110 valence electrons. The predicted molar refractivity (Wildman–Crippen MR) is 90.3 cm³/mol. The number of imidazole rings is 1. The monoisotopic (exact) mass is 301 g/mol. The number of nitrogens with two attached hydrogens (primary N) is 1. The van der Waals surface area contributed by atoms with Crippen LogP contribution in [0.3, 0.4) is 0 Å². The number of benzene rings is 1. The van der Waals surface area contributed by atoms with Crippen LogP contribution in [0.2, 0.25) is 0 Å². The molecule has 0 bridgehead atoms. The zero-order valence-corrected chi connectivity index (χ0v) is 12.9. The summed E-state index contributed by atoms with van der Waals surface area (Å²) in [6.45, 7) is 4.15. The number of thioether (sulfide) groups is 1. The van der Waals surface area contributed by atoms with Crippen molar-refractivity contribution in [1.82, 2.24) is 9.66 Å². The molecule has 1 aromatic carbocycles. The van der Waals surface area contributed by atoms with Gasteiger partial charge in [0, 0.05) is 30.3 Å². The fourth-order valence-corrected chi connectivity index (χ4v) is 3.22. The highest BCUT2D eigenvalue weighted by molar-refractivity contribution is 7.99. The van der Waals surface area contributed by atoms with Gasteiger partial charge in [0.15, 0.2) is 0 Å². The first-order valence-electron chi connectivity index (χ1n) is 7.01. The van der Waals surface area contributed by atoms with Crippen molar-refractivity contribution in [3.05, 3.63) is 41.7 Å². The zero-order chi connectivity index (χ0) is 14.7. The van der Waals surface area contributed by atoms with Crippen LogP contribution in [0.1, 0.15) is 11.3 Å². The fourth-order valence-electron chi connectivity index (χ4n) is 2.32. The number of anilines is 2. The van der Waals surface area contributed by atoms with E-state index in [0.717, 1.165) is 24.3 Å². The van der Waals surface area contributed by atoms with Gasteiger partial charge in [0.25, 0.3) is 0 Å². The number of hydrogen-bond acceptors (Lipinski definition) is 5. The Labute approximate surface area is 128 Å². The summed E-state index contributed by atoms with van der Waals surface area (Å²) in [5.74, 6) is 2.83. The SMILES string of the molecule is Cc1cn(N=Cc2ccc(N3CCSCC3)cc2)c(N)n1. The molecule has 0 atom stereocenters. The van der Waals surface area contributed by atoms with Gasteiger partial charge in [0.2, 0.25) is 5.95 Å². The standard InChI is InChI=1S/C15H19N5S/c1-12-11-20(15(16)18-12)17-10-13-2-4-14(5-3-13)19-6-8-21-9-7-19/h2-5,10-11H,6-9H2,1H3,(H2,16,18). The predicted octanol–water partition coefficient (Wildman–Crippen LogP) is 2.21. The third kappa shape index (κ3) is 3.39. The Morgan fingerprint density at radius 2 is 1.95 bits per heavy atom. The third-order valence-electron chi connectivity index (χ3n) is 3.44. The average Bonchev–Trinajstić information content (AvgIpc) is 2.84. The fraction of sp³-hybridized carbons (Fsp3) is 0.333. The number of aryl methyl sites for hydroxylation is 1. The van der Waals surface area contributed by atoms with Gasteiger partial charge in [-0.1, -0.05) is 12.1 Å². The maximum absolute atomic E-state index is 5.76. The lowest BCUT2D eigenvalue weighted by Crippen LogP contribution is -2.32. The molecule has 1 aromatic heterocycles. The summed E-state index contributed by atoms with van der Waals surface area (Å²) >= 11 is 2.02. The van der Waals surface area contributed by atoms with Gasteiger partial charge < -0.3 is 10.6 Å². The lowest BCUT2D eigenvalue weighted by atomic mass is 10.2. The zero-order valence-electron chi connectivity index (χ0n) is 12.1. The molecule has 0 spiro atoms. The molecule has 1 fully saturated rings. The smallest absolute Gasteiger partial charge is 0.221 e. The van der Waals surface area contributed by atoms with Crippen LogP contribution in [0.5, 0.6) is 0 Å². The molecule has 1 saturated heterocycles. The van der Waals surface area contributed by atoms with Crippen LogP contribution >= 0.6 is 11.8 Å². The quantitative estimate of drug-likeness (QED) is 0.883. The summed E-state index contributed by atoms with van der Waals surface area (Å²) in [5, 5.41) is 4.33. The van der Waals surface area contributed by atoms with Crippen molar-refractivity contribution in [2.24, 2.45) is 5.10 Å². The van der Waals surface area contributed by atoms with Crippen molar-refractivity contribution in [2.75, 3.05) is 35.2 Å². The van der Waals surface area contributed by atoms with E-state index >= 15 is 0 Å².